The highest BCUT2D eigenvalue weighted by Gasteiger charge is 2.23. The van der Waals surface area contributed by atoms with Crippen LogP contribution in [0.15, 0.2) is 18.2 Å². The van der Waals surface area contributed by atoms with Crippen molar-refractivity contribution in [3.63, 3.8) is 0 Å². The van der Waals surface area contributed by atoms with Crippen molar-refractivity contribution in [2.24, 2.45) is 5.92 Å². The van der Waals surface area contributed by atoms with E-state index < -0.39 is 4.92 Å². The van der Waals surface area contributed by atoms with Gasteiger partial charge in [0, 0.05) is 31.8 Å². The molecule has 7 nitrogen and oxygen atoms in total. The SMILES string of the molecule is O=C(Nc1ccc([N+](=O)[O-])cc1Cl)N1CCC(CO)CC1. The minimum Gasteiger partial charge on any atom is -0.396 e. The average Bonchev–Trinajstić information content (AvgIpc) is 2.49. The van der Waals surface area contributed by atoms with Crippen molar-refractivity contribution < 1.29 is 14.8 Å². The Bertz CT molecular complexity index is 544. The van der Waals surface area contributed by atoms with Crippen molar-refractivity contribution in [3.8, 4) is 0 Å². The van der Waals surface area contributed by atoms with E-state index in [2.05, 4.69) is 5.32 Å². The average molecular weight is 314 g/mol. The molecule has 0 bridgehead atoms. The van der Waals surface area contributed by atoms with Gasteiger partial charge < -0.3 is 15.3 Å². The molecule has 0 saturated carbocycles. The lowest BCUT2D eigenvalue weighted by molar-refractivity contribution is -0.384. The summed E-state index contributed by atoms with van der Waals surface area (Å²) in [6.45, 7) is 1.28. The maximum Gasteiger partial charge on any atom is 0.321 e. The second-order valence-electron chi connectivity index (χ2n) is 4.96. The quantitative estimate of drug-likeness (QED) is 0.662. The van der Waals surface area contributed by atoms with Crippen LogP contribution in [0.1, 0.15) is 12.8 Å². The number of anilines is 1. The highest BCUT2D eigenvalue weighted by molar-refractivity contribution is 6.33. The zero-order chi connectivity index (χ0) is 15.4. The van der Waals surface area contributed by atoms with Crippen molar-refractivity contribution in [1.82, 2.24) is 4.90 Å². The largest absolute Gasteiger partial charge is 0.396 e. The molecule has 2 N–H and O–H groups in total. The normalized spacial score (nSPS) is 15.8. The Morgan fingerprint density at radius 1 is 1.48 bits per heavy atom. The molecule has 2 amide bonds. The van der Waals surface area contributed by atoms with Gasteiger partial charge >= 0.3 is 6.03 Å². The maximum atomic E-state index is 12.1. The Labute approximate surface area is 126 Å². The monoisotopic (exact) mass is 313 g/mol. The number of non-ortho nitro benzene ring substituents is 1. The van der Waals surface area contributed by atoms with Crippen LogP contribution in [0.5, 0.6) is 0 Å². The number of benzene rings is 1. The van der Waals surface area contributed by atoms with Crippen LogP contribution < -0.4 is 5.32 Å². The number of nitrogens with one attached hydrogen (secondary N) is 1. The van der Waals surface area contributed by atoms with Gasteiger partial charge in [-0.3, -0.25) is 10.1 Å². The minimum atomic E-state index is -0.544. The number of carbonyl (C=O) groups excluding carboxylic acids is 1. The van der Waals surface area contributed by atoms with E-state index in [1.807, 2.05) is 0 Å². The fourth-order valence-electron chi connectivity index (χ4n) is 2.23. The highest BCUT2D eigenvalue weighted by atomic mass is 35.5. The standard InChI is InChI=1S/C13H16ClN3O4/c14-11-7-10(17(20)21)1-2-12(11)15-13(19)16-5-3-9(8-18)4-6-16/h1-2,7,9,18H,3-6,8H2,(H,15,19). The van der Waals surface area contributed by atoms with Gasteiger partial charge in [0.1, 0.15) is 0 Å². The predicted molar refractivity (Wildman–Crippen MR) is 78.5 cm³/mol. The molecule has 1 saturated heterocycles. The van der Waals surface area contributed by atoms with E-state index in [0.29, 0.717) is 18.8 Å². The summed E-state index contributed by atoms with van der Waals surface area (Å²) < 4.78 is 0. The summed E-state index contributed by atoms with van der Waals surface area (Å²) in [5.41, 5.74) is 0.221. The van der Waals surface area contributed by atoms with Gasteiger partial charge in [0.15, 0.2) is 0 Å². The first-order valence-corrected chi connectivity index (χ1v) is 6.99. The molecule has 0 radical (unpaired) electrons. The first-order chi connectivity index (χ1) is 10.0. The van der Waals surface area contributed by atoms with E-state index in [-0.39, 0.29) is 29.3 Å². The van der Waals surface area contributed by atoms with Gasteiger partial charge in [0.25, 0.3) is 5.69 Å². The number of hydrogen-bond acceptors (Lipinski definition) is 4. The molecule has 0 unspecified atom stereocenters. The fourth-order valence-corrected chi connectivity index (χ4v) is 2.45. The second kappa shape index (κ2) is 6.73. The lowest BCUT2D eigenvalue weighted by atomic mass is 9.98. The Kier molecular flexibility index (Phi) is 4.98. The van der Waals surface area contributed by atoms with Crippen LogP contribution >= 0.6 is 11.6 Å². The number of piperidine rings is 1. The number of rotatable bonds is 3. The smallest absolute Gasteiger partial charge is 0.321 e. The molecule has 8 heteroatoms. The van der Waals surface area contributed by atoms with Gasteiger partial charge in [0.05, 0.1) is 15.6 Å². The molecule has 2 rings (SSSR count). The molecule has 1 fully saturated rings. The minimum absolute atomic E-state index is 0.123. The van der Waals surface area contributed by atoms with Crippen LogP contribution in [-0.4, -0.2) is 40.7 Å². The first-order valence-electron chi connectivity index (χ1n) is 6.62. The summed E-state index contributed by atoms with van der Waals surface area (Å²) in [5, 5.41) is 22.5. The number of carbonyl (C=O) groups is 1. The fraction of sp³-hybridized carbons (Fsp3) is 0.462. The third-order valence-corrected chi connectivity index (χ3v) is 3.88. The molecule has 0 spiro atoms. The Hall–Kier alpha value is -1.86. The van der Waals surface area contributed by atoms with Crippen LogP contribution in [0.2, 0.25) is 5.02 Å². The van der Waals surface area contributed by atoms with Gasteiger partial charge in [-0.1, -0.05) is 11.6 Å². The lowest BCUT2D eigenvalue weighted by Gasteiger charge is -2.31. The molecule has 1 aromatic rings. The molecule has 21 heavy (non-hydrogen) atoms. The van der Waals surface area contributed by atoms with E-state index in [4.69, 9.17) is 16.7 Å². The molecular formula is C13H16ClN3O4. The predicted octanol–water partition coefficient (Wildman–Crippen LogP) is 2.48. The Morgan fingerprint density at radius 2 is 2.14 bits per heavy atom. The number of nitro benzene ring substituents is 1. The van der Waals surface area contributed by atoms with E-state index in [0.717, 1.165) is 12.8 Å². The third-order valence-electron chi connectivity index (χ3n) is 3.57. The van der Waals surface area contributed by atoms with Crippen LogP contribution in [0.4, 0.5) is 16.2 Å². The van der Waals surface area contributed by atoms with E-state index >= 15 is 0 Å². The highest BCUT2D eigenvalue weighted by Crippen LogP contribution is 2.27. The number of nitrogens with zero attached hydrogens (tertiary/aromatic N) is 2. The molecule has 0 aromatic heterocycles. The lowest BCUT2D eigenvalue weighted by Crippen LogP contribution is -2.41. The molecule has 1 aliphatic heterocycles. The Morgan fingerprint density at radius 3 is 2.67 bits per heavy atom. The summed E-state index contributed by atoms with van der Waals surface area (Å²) in [7, 11) is 0. The number of likely N-dealkylation sites (tertiary alicyclic amines) is 1. The summed E-state index contributed by atoms with van der Waals surface area (Å²) in [6, 6.07) is 3.62. The number of amides is 2. The summed E-state index contributed by atoms with van der Waals surface area (Å²) >= 11 is 5.93. The van der Waals surface area contributed by atoms with Gasteiger partial charge in [-0.25, -0.2) is 4.79 Å². The molecule has 1 heterocycles. The first kappa shape index (κ1) is 15.5. The summed E-state index contributed by atoms with van der Waals surface area (Å²) in [6.07, 6.45) is 1.52. The number of hydrogen-bond donors (Lipinski definition) is 2. The van der Waals surface area contributed by atoms with E-state index in [1.165, 1.54) is 18.2 Å². The van der Waals surface area contributed by atoms with Crippen LogP contribution in [-0.2, 0) is 0 Å². The molecule has 1 aliphatic rings. The number of aliphatic hydroxyl groups is 1. The van der Waals surface area contributed by atoms with E-state index in [9.17, 15) is 14.9 Å². The van der Waals surface area contributed by atoms with Gasteiger partial charge in [-0.05, 0) is 24.8 Å². The topological polar surface area (TPSA) is 95.7 Å². The molecule has 114 valence electrons. The van der Waals surface area contributed by atoms with Crippen molar-refractivity contribution in [1.29, 1.82) is 0 Å². The maximum absolute atomic E-state index is 12.1. The molecule has 0 aliphatic carbocycles. The number of urea groups is 1. The number of halogens is 1. The van der Waals surface area contributed by atoms with Gasteiger partial charge in [0.2, 0.25) is 0 Å². The van der Waals surface area contributed by atoms with Crippen molar-refractivity contribution in [2.75, 3.05) is 25.0 Å². The third kappa shape index (κ3) is 3.83. The Balaban J connectivity index is 1.98. The van der Waals surface area contributed by atoms with Crippen LogP contribution in [0.3, 0.4) is 0 Å². The summed E-state index contributed by atoms with van der Waals surface area (Å²) in [4.78, 5) is 23.8. The van der Waals surface area contributed by atoms with Gasteiger partial charge in [-0.15, -0.1) is 0 Å². The van der Waals surface area contributed by atoms with Crippen molar-refractivity contribution >= 4 is 29.0 Å². The second-order valence-corrected chi connectivity index (χ2v) is 5.37. The van der Waals surface area contributed by atoms with Crippen molar-refractivity contribution in [2.45, 2.75) is 12.8 Å². The molecule has 0 atom stereocenters. The summed E-state index contributed by atoms with van der Waals surface area (Å²) in [5.74, 6) is 0.247. The molecule has 1 aromatic carbocycles. The zero-order valence-corrected chi connectivity index (χ0v) is 12.0. The van der Waals surface area contributed by atoms with Gasteiger partial charge in [-0.2, -0.15) is 0 Å². The zero-order valence-electron chi connectivity index (χ0n) is 11.3. The van der Waals surface area contributed by atoms with Crippen molar-refractivity contribution in [3.05, 3.63) is 33.3 Å². The number of nitro groups is 1. The molecular weight excluding hydrogens is 298 g/mol. The van der Waals surface area contributed by atoms with Crippen LogP contribution in [0, 0.1) is 16.0 Å². The number of aliphatic hydroxyl groups excluding tert-OH is 1. The van der Waals surface area contributed by atoms with E-state index in [1.54, 1.807) is 4.90 Å². The van der Waals surface area contributed by atoms with Crippen LogP contribution in [0.25, 0.3) is 0 Å².